The van der Waals surface area contributed by atoms with Crippen molar-refractivity contribution in [2.45, 2.75) is 6.92 Å². The molecule has 0 saturated heterocycles. The van der Waals surface area contributed by atoms with Crippen LogP contribution in [0.25, 0.3) is 10.9 Å². The highest BCUT2D eigenvalue weighted by Crippen LogP contribution is 2.24. The molecular weight excluding hydrogens is 212 g/mol. The molecule has 0 atom stereocenters. The third-order valence-corrected chi connectivity index (χ3v) is 2.87. The zero-order chi connectivity index (χ0) is 11.2. The largest absolute Gasteiger partial charge is 0.398 e. The number of halogens is 1. The molecule has 3 nitrogen and oxygen atoms in total. The van der Waals surface area contributed by atoms with Gasteiger partial charge < -0.3 is 10.3 Å². The molecule has 0 aliphatic heterocycles. The van der Waals surface area contributed by atoms with Crippen LogP contribution in [0.15, 0.2) is 23.0 Å². The molecule has 4 heteroatoms. The normalized spacial score (nSPS) is 10.9. The van der Waals surface area contributed by atoms with Crippen LogP contribution in [-0.4, -0.2) is 4.57 Å². The molecule has 0 spiro atoms. The van der Waals surface area contributed by atoms with Crippen LogP contribution in [-0.2, 0) is 7.05 Å². The van der Waals surface area contributed by atoms with Crippen molar-refractivity contribution in [2.24, 2.45) is 7.05 Å². The number of aromatic nitrogens is 1. The maximum Gasteiger partial charge on any atom is 0.255 e. The van der Waals surface area contributed by atoms with E-state index in [0.717, 1.165) is 10.9 Å². The summed E-state index contributed by atoms with van der Waals surface area (Å²) in [7, 11) is 1.73. The Morgan fingerprint density at radius 1 is 1.40 bits per heavy atom. The monoisotopic (exact) mass is 222 g/mol. The summed E-state index contributed by atoms with van der Waals surface area (Å²) >= 11 is 5.89. The number of hydrogen-bond acceptors (Lipinski definition) is 2. The van der Waals surface area contributed by atoms with E-state index in [-0.39, 0.29) is 5.56 Å². The summed E-state index contributed by atoms with van der Waals surface area (Å²) < 4.78 is 1.58. The Kier molecular flexibility index (Phi) is 2.20. The van der Waals surface area contributed by atoms with Gasteiger partial charge in [-0.2, -0.15) is 0 Å². The van der Waals surface area contributed by atoms with Crippen molar-refractivity contribution >= 4 is 28.2 Å². The number of benzene rings is 1. The number of aryl methyl sites for hydroxylation is 1. The van der Waals surface area contributed by atoms with Crippen molar-refractivity contribution in [3.8, 4) is 0 Å². The van der Waals surface area contributed by atoms with E-state index >= 15 is 0 Å². The summed E-state index contributed by atoms with van der Waals surface area (Å²) in [6.07, 6.45) is 0. The van der Waals surface area contributed by atoms with Crippen LogP contribution >= 0.6 is 11.6 Å². The van der Waals surface area contributed by atoms with E-state index in [4.69, 9.17) is 17.3 Å². The van der Waals surface area contributed by atoms with Crippen LogP contribution in [0.5, 0.6) is 0 Å². The van der Waals surface area contributed by atoms with Gasteiger partial charge in [-0.15, -0.1) is 0 Å². The molecule has 0 aliphatic carbocycles. The molecule has 0 fully saturated rings. The summed E-state index contributed by atoms with van der Waals surface area (Å²) in [6, 6.07) is 5.33. The van der Waals surface area contributed by atoms with Gasteiger partial charge in [0, 0.05) is 28.7 Å². The maximum atomic E-state index is 11.7. The Morgan fingerprint density at radius 3 is 2.73 bits per heavy atom. The highest BCUT2D eigenvalue weighted by molar-refractivity contribution is 6.31. The summed E-state index contributed by atoms with van der Waals surface area (Å²) in [5, 5.41) is 1.44. The first-order valence-electron chi connectivity index (χ1n) is 4.56. The van der Waals surface area contributed by atoms with E-state index in [1.807, 2.05) is 0 Å². The molecule has 0 saturated carbocycles. The van der Waals surface area contributed by atoms with Crippen LogP contribution in [0.3, 0.4) is 0 Å². The smallest absolute Gasteiger partial charge is 0.255 e. The van der Waals surface area contributed by atoms with Crippen LogP contribution in [0.4, 0.5) is 5.69 Å². The second-order valence-corrected chi connectivity index (χ2v) is 4.00. The molecule has 0 unspecified atom stereocenters. The Bertz CT molecular complexity index is 602. The minimum atomic E-state index is -0.0673. The van der Waals surface area contributed by atoms with Gasteiger partial charge in [0.2, 0.25) is 0 Å². The Hall–Kier alpha value is -1.48. The van der Waals surface area contributed by atoms with E-state index in [0.29, 0.717) is 16.3 Å². The second kappa shape index (κ2) is 3.28. The summed E-state index contributed by atoms with van der Waals surface area (Å²) in [4.78, 5) is 11.7. The van der Waals surface area contributed by atoms with Gasteiger partial charge in [-0.1, -0.05) is 11.6 Å². The molecule has 0 radical (unpaired) electrons. The van der Waals surface area contributed by atoms with Gasteiger partial charge in [0.05, 0.1) is 5.52 Å². The fourth-order valence-electron chi connectivity index (χ4n) is 1.69. The van der Waals surface area contributed by atoms with Crippen LogP contribution in [0, 0.1) is 6.92 Å². The summed E-state index contributed by atoms with van der Waals surface area (Å²) in [5.74, 6) is 0. The van der Waals surface area contributed by atoms with Crippen molar-refractivity contribution in [1.82, 2.24) is 4.57 Å². The Balaban J connectivity index is 3.07. The number of hydrogen-bond donors (Lipinski definition) is 1. The lowest BCUT2D eigenvalue weighted by Gasteiger charge is -2.10. The number of nitrogens with two attached hydrogens (primary N) is 1. The number of pyridine rings is 1. The first-order chi connectivity index (χ1) is 7.02. The number of rotatable bonds is 0. The lowest BCUT2D eigenvalue weighted by molar-refractivity contribution is 0.895. The van der Waals surface area contributed by atoms with Gasteiger partial charge in [-0.3, -0.25) is 4.79 Å². The van der Waals surface area contributed by atoms with Gasteiger partial charge in [0.15, 0.2) is 0 Å². The Labute approximate surface area is 92.1 Å². The molecule has 1 heterocycles. The molecule has 2 rings (SSSR count). The SMILES string of the molecule is Cc1c(N)c2cc(Cl)ccc2n(C)c1=O. The molecule has 2 N–H and O–H groups in total. The number of fused-ring (bicyclic) bond motifs is 1. The van der Waals surface area contributed by atoms with E-state index < -0.39 is 0 Å². The minimum absolute atomic E-state index is 0.0673. The topological polar surface area (TPSA) is 48.0 Å². The van der Waals surface area contributed by atoms with Gasteiger partial charge in [0.25, 0.3) is 5.56 Å². The molecule has 15 heavy (non-hydrogen) atoms. The fraction of sp³-hybridized carbons (Fsp3) is 0.182. The molecule has 0 aliphatic rings. The fourth-order valence-corrected chi connectivity index (χ4v) is 1.87. The maximum absolute atomic E-state index is 11.7. The first kappa shape index (κ1) is 10.1. The van der Waals surface area contributed by atoms with E-state index in [9.17, 15) is 4.79 Å². The van der Waals surface area contributed by atoms with Gasteiger partial charge in [-0.25, -0.2) is 0 Å². The third-order valence-electron chi connectivity index (χ3n) is 2.64. The van der Waals surface area contributed by atoms with Crippen molar-refractivity contribution in [3.05, 3.63) is 39.1 Å². The average molecular weight is 223 g/mol. The molecule has 0 bridgehead atoms. The Morgan fingerprint density at radius 2 is 2.07 bits per heavy atom. The summed E-state index contributed by atoms with van der Waals surface area (Å²) in [5.41, 5.74) is 7.69. The molecule has 1 aromatic heterocycles. The molecule has 2 aromatic rings. The predicted molar refractivity (Wildman–Crippen MR) is 63.3 cm³/mol. The number of anilines is 1. The van der Waals surface area contributed by atoms with Crippen molar-refractivity contribution in [1.29, 1.82) is 0 Å². The number of nitrogen functional groups attached to an aromatic ring is 1. The van der Waals surface area contributed by atoms with Crippen LogP contribution in [0.1, 0.15) is 5.56 Å². The second-order valence-electron chi connectivity index (χ2n) is 3.56. The van der Waals surface area contributed by atoms with Gasteiger partial charge >= 0.3 is 0 Å². The standard InChI is InChI=1S/C11H11ClN2O/c1-6-10(13)8-5-7(12)3-4-9(8)14(2)11(6)15/h3-5H,13H2,1-2H3. The van der Waals surface area contributed by atoms with Crippen molar-refractivity contribution < 1.29 is 0 Å². The van der Waals surface area contributed by atoms with E-state index in [1.54, 1.807) is 36.7 Å². The van der Waals surface area contributed by atoms with Crippen LogP contribution < -0.4 is 11.3 Å². The van der Waals surface area contributed by atoms with E-state index in [1.165, 1.54) is 0 Å². The molecule has 0 amide bonds. The number of nitrogens with zero attached hydrogens (tertiary/aromatic N) is 1. The van der Waals surface area contributed by atoms with Crippen molar-refractivity contribution in [3.63, 3.8) is 0 Å². The van der Waals surface area contributed by atoms with Gasteiger partial charge in [0.1, 0.15) is 0 Å². The van der Waals surface area contributed by atoms with E-state index in [2.05, 4.69) is 0 Å². The van der Waals surface area contributed by atoms with Crippen LogP contribution in [0.2, 0.25) is 5.02 Å². The average Bonchev–Trinajstić information content (AvgIpc) is 2.23. The first-order valence-corrected chi connectivity index (χ1v) is 4.94. The lowest BCUT2D eigenvalue weighted by Crippen LogP contribution is -2.21. The highest BCUT2D eigenvalue weighted by Gasteiger charge is 2.09. The highest BCUT2D eigenvalue weighted by atomic mass is 35.5. The predicted octanol–water partition coefficient (Wildman–Crippen LogP) is 2.08. The quantitative estimate of drug-likeness (QED) is 0.742. The zero-order valence-corrected chi connectivity index (χ0v) is 9.30. The zero-order valence-electron chi connectivity index (χ0n) is 8.54. The molecule has 1 aromatic carbocycles. The molecular formula is C11H11ClN2O. The minimum Gasteiger partial charge on any atom is -0.398 e. The third kappa shape index (κ3) is 1.39. The van der Waals surface area contributed by atoms with Crippen molar-refractivity contribution in [2.75, 3.05) is 5.73 Å². The summed E-state index contributed by atoms with van der Waals surface area (Å²) in [6.45, 7) is 1.72. The van der Waals surface area contributed by atoms with Gasteiger partial charge in [-0.05, 0) is 25.1 Å². The molecule has 78 valence electrons. The lowest BCUT2D eigenvalue weighted by atomic mass is 10.1.